The molecule has 1 saturated heterocycles. The Labute approximate surface area is 147 Å². The molecule has 0 radical (unpaired) electrons. The number of hydrogen-bond acceptors (Lipinski definition) is 4. The fraction of sp³-hybridized carbons (Fsp3) is 0.500. The number of amides is 2. The number of nitrogens with one attached hydrogen (secondary N) is 1. The molecule has 3 rings (SSSR count). The van der Waals surface area contributed by atoms with Crippen LogP contribution in [-0.2, 0) is 22.7 Å². The highest BCUT2D eigenvalue weighted by molar-refractivity contribution is 5.90. The normalized spacial score (nSPS) is 17.3. The number of aromatic nitrogens is 2. The van der Waals surface area contributed by atoms with E-state index in [-0.39, 0.29) is 11.8 Å². The van der Waals surface area contributed by atoms with Gasteiger partial charge in [-0.1, -0.05) is 0 Å². The predicted molar refractivity (Wildman–Crippen MR) is 91.6 cm³/mol. The van der Waals surface area contributed by atoms with Gasteiger partial charge in [0.25, 0.3) is 0 Å². The van der Waals surface area contributed by atoms with Crippen molar-refractivity contribution < 1.29 is 14.0 Å². The van der Waals surface area contributed by atoms with Crippen LogP contribution in [0.5, 0.6) is 0 Å². The van der Waals surface area contributed by atoms with Crippen molar-refractivity contribution in [2.24, 2.45) is 0 Å². The molecule has 1 N–H and O–H groups in total. The topological polar surface area (TPSA) is 80.4 Å². The maximum atomic E-state index is 12.5. The molecule has 0 saturated carbocycles. The van der Waals surface area contributed by atoms with E-state index in [1.165, 1.54) is 0 Å². The summed E-state index contributed by atoms with van der Waals surface area (Å²) < 4.78 is 7.25. The monoisotopic (exact) mass is 344 g/mol. The Kier molecular flexibility index (Phi) is 5.21. The summed E-state index contributed by atoms with van der Waals surface area (Å²) in [5, 5.41) is 7.36. The summed E-state index contributed by atoms with van der Waals surface area (Å²) in [5.41, 5.74) is 2.12. The van der Waals surface area contributed by atoms with E-state index in [9.17, 15) is 9.59 Å². The minimum Gasteiger partial charge on any atom is -0.467 e. The van der Waals surface area contributed by atoms with Crippen molar-refractivity contribution in [2.45, 2.75) is 52.2 Å². The molecule has 0 unspecified atom stereocenters. The molecular weight excluding hydrogens is 320 g/mol. The van der Waals surface area contributed by atoms with Crippen LogP contribution in [-0.4, -0.2) is 39.1 Å². The number of rotatable bonds is 7. The summed E-state index contributed by atoms with van der Waals surface area (Å²) in [6, 6.07) is 5.22. The first kappa shape index (κ1) is 17.3. The van der Waals surface area contributed by atoms with E-state index in [1.807, 2.05) is 30.7 Å². The lowest BCUT2D eigenvalue weighted by atomic mass is 10.2. The van der Waals surface area contributed by atoms with Crippen molar-refractivity contribution in [3.63, 3.8) is 0 Å². The highest BCUT2D eigenvalue weighted by Crippen LogP contribution is 2.21. The average Bonchev–Trinajstić information content (AvgIpc) is 3.27. The quantitative estimate of drug-likeness (QED) is 0.777. The summed E-state index contributed by atoms with van der Waals surface area (Å²) in [6.07, 6.45) is 3.34. The van der Waals surface area contributed by atoms with Gasteiger partial charge in [-0.05, 0) is 44.9 Å². The molecule has 1 atom stereocenters. The largest absolute Gasteiger partial charge is 0.467 e. The van der Waals surface area contributed by atoms with Crippen LogP contribution in [0.2, 0.25) is 0 Å². The maximum Gasteiger partial charge on any atom is 0.242 e. The van der Waals surface area contributed by atoms with Gasteiger partial charge in [0.2, 0.25) is 11.8 Å². The van der Waals surface area contributed by atoms with Crippen LogP contribution in [0.25, 0.3) is 0 Å². The van der Waals surface area contributed by atoms with Gasteiger partial charge in [0.1, 0.15) is 11.8 Å². The molecule has 1 aliphatic heterocycles. The van der Waals surface area contributed by atoms with Gasteiger partial charge < -0.3 is 14.6 Å². The van der Waals surface area contributed by atoms with Gasteiger partial charge in [0, 0.05) is 25.2 Å². The Bertz CT molecular complexity index is 736. The van der Waals surface area contributed by atoms with E-state index in [1.54, 1.807) is 17.2 Å². The van der Waals surface area contributed by atoms with Crippen molar-refractivity contribution >= 4 is 11.8 Å². The first-order valence-electron chi connectivity index (χ1n) is 8.65. The highest BCUT2D eigenvalue weighted by Gasteiger charge is 2.36. The van der Waals surface area contributed by atoms with Crippen LogP contribution in [0.1, 0.15) is 36.4 Å². The third kappa shape index (κ3) is 4.10. The number of carbonyl (C=O) groups excluding carboxylic acids is 2. The molecule has 7 heteroatoms. The van der Waals surface area contributed by atoms with Crippen LogP contribution in [0, 0.1) is 13.8 Å². The number of aryl methyl sites for hydroxylation is 3. The Balaban J connectivity index is 1.48. The molecule has 2 amide bonds. The summed E-state index contributed by atoms with van der Waals surface area (Å²) in [4.78, 5) is 26.1. The summed E-state index contributed by atoms with van der Waals surface area (Å²) >= 11 is 0. The molecule has 2 aromatic heterocycles. The van der Waals surface area contributed by atoms with Crippen LogP contribution >= 0.6 is 0 Å². The van der Waals surface area contributed by atoms with E-state index in [0.717, 1.165) is 24.4 Å². The smallest absolute Gasteiger partial charge is 0.242 e. The molecule has 25 heavy (non-hydrogen) atoms. The zero-order chi connectivity index (χ0) is 17.8. The van der Waals surface area contributed by atoms with Crippen molar-refractivity contribution in [3.8, 4) is 0 Å². The van der Waals surface area contributed by atoms with Gasteiger partial charge in [-0.2, -0.15) is 5.10 Å². The standard InChI is InChI=1S/C18H24N4O3/c1-13-11-14(2)22(20-13)9-4-8-19-18(24)16-6-7-17(23)21(16)12-15-5-3-10-25-15/h3,5,10-11,16H,4,6-9,12H2,1-2H3,(H,19,24)/t16-/m0/s1. The maximum absolute atomic E-state index is 12.5. The van der Waals surface area contributed by atoms with Gasteiger partial charge >= 0.3 is 0 Å². The Morgan fingerprint density at radius 1 is 1.44 bits per heavy atom. The molecule has 0 aromatic carbocycles. The molecule has 7 nitrogen and oxygen atoms in total. The van der Waals surface area contributed by atoms with Gasteiger partial charge in [0.05, 0.1) is 18.5 Å². The van der Waals surface area contributed by atoms with Crippen LogP contribution in [0.4, 0.5) is 0 Å². The fourth-order valence-electron chi connectivity index (χ4n) is 3.23. The fourth-order valence-corrected chi connectivity index (χ4v) is 3.23. The molecule has 0 aliphatic carbocycles. The predicted octanol–water partition coefficient (Wildman–Crippen LogP) is 1.79. The van der Waals surface area contributed by atoms with Crippen molar-refractivity contribution in [1.29, 1.82) is 0 Å². The molecule has 134 valence electrons. The Hall–Kier alpha value is -2.57. The Morgan fingerprint density at radius 3 is 2.96 bits per heavy atom. The highest BCUT2D eigenvalue weighted by atomic mass is 16.3. The van der Waals surface area contributed by atoms with E-state index >= 15 is 0 Å². The first-order chi connectivity index (χ1) is 12.0. The van der Waals surface area contributed by atoms with Crippen molar-refractivity contribution in [2.75, 3.05) is 6.54 Å². The summed E-state index contributed by atoms with van der Waals surface area (Å²) in [7, 11) is 0. The zero-order valence-corrected chi connectivity index (χ0v) is 14.7. The van der Waals surface area contributed by atoms with Gasteiger partial charge in [-0.3, -0.25) is 14.3 Å². The average molecular weight is 344 g/mol. The van der Waals surface area contributed by atoms with Gasteiger partial charge in [0.15, 0.2) is 0 Å². The third-order valence-electron chi connectivity index (χ3n) is 4.49. The zero-order valence-electron chi connectivity index (χ0n) is 14.7. The molecule has 3 heterocycles. The second-order valence-corrected chi connectivity index (χ2v) is 6.45. The van der Waals surface area contributed by atoms with Crippen molar-refractivity contribution in [1.82, 2.24) is 20.0 Å². The minimum atomic E-state index is -0.411. The van der Waals surface area contributed by atoms with Crippen LogP contribution in [0.15, 0.2) is 28.9 Å². The first-order valence-corrected chi connectivity index (χ1v) is 8.65. The number of carbonyl (C=O) groups is 2. The molecule has 1 aliphatic rings. The lowest BCUT2D eigenvalue weighted by Crippen LogP contribution is -2.44. The van der Waals surface area contributed by atoms with Gasteiger partial charge in [-0.15, -0.1) is 0 Å². The molecule has 2 aromatic rings. The molecular formula is C18H24N4O3. The number of likely N-dealkylation sites (tertiary alicyclic amines) is 1. The molecule has 1 fully saturated rings. The number of hydrogen-bond donors (Lipinski definition) is 1. The van der Waals surface area contributed by atoms with E-state index in [0.29, 0.717) is 31.7 Å². The van der Waals surface area contributed by atoms with Gasteiger partial charge in [-0.25, -0.2) is 0 Å². The number of nitrogens with zero attached hydrogens (tertiary/aromatic N) is 3. The summed E-state index contributed by atoms with van der Waals surface area (Å²) in [5.74, 6) is 0.600. The van der Waals surface area contributed by atoms with Crippen LogP contribution in [0.3, 0.4) is 0 Å². The molecule has 0 bridgehead atoms. The second kappa shape index (κ2) is 7.55. The van der Waals surface area contributed by atoms with Crippen molar-refractivity contribution in [3.05, 3.63) is 41.6 Å². The van der Waals surface area contributed by atoms with Crippen LogP contribution < -0.4 is 5.32 Å². The second-order valence-electron chi connectivity index (χ2n) is 6.45. The third-order valence-corrected chi connectivity index (χ3v) is 4.49. The van der Waals surface area contributed by atoms with E-state index < -0.39 is 6.04 Å². The summed E-state index contributed by atoms with van der Waals surface area (Å²) in [6.45, 7) is 5.66. The molecule has 0 spiro atoms. The Morgan fingerprint density at radius 2 is 2.28 bits per heavy atom. The minimum absolute atomic E-state index is 0.000749. The SMILES string of the molecule is Cc1cc(C)n(CCCNC(=O)[C@@H]2CCC(=O)N2Cc2ccco2)n1. The number of furan rings is 1. The lowest BCUT2D eigenvalue weighted by Gasteiger charge is -2.23. The lowest BCUT2D eigenvalue weighted by molar-refractivity contribution is -0.136. The van der Waals surface area contributed by atoms with E-state index in [2.05, 4.69) is 10.4 Å². The van der Waals surface area contributed by atoms with E-state index in [4.69, 9.17) is 4.42 Å².